The number of alkyl carbamates (subject to hydrolysis) is 1. The molecule has 1 amide bonds. The van der Waals surface area contributed by atoms with Crippen LogP contribution in [0.25, 0.3) is 0 Å². The van der Waals surface area contributed by atoms with Crippen LogP contribution in [-0.2, 0) is 27.5 Å². The summed E-state index contributed by atoms with van der Waals surface area (Å²) in [5.41, 5.74) is -0.134. The fraction of sp³-hybridized carbons (Fsp3) is 0.385. The molecule has 0 aliphatic rings. The fourth-order valence-electron chi connectivity index (χ4n) is 3.52. The number of sulfonamides is 1. The van der Waals surface area contributed by atoms with Crippen molar-refractivity contribution >= 4 is 39.4 Å². The number of hydrogen-bond acceptors (Lipinski definition) is 9. The van der Waals surface area contributed by atoms with Gasteiger partial charge in [0, 0.05) is 37.2 Å². The van der Waals surface area contributed by atoms with Crippen LogP contribution in [0, 0.1) is 0 Å². The molecule has 1 atom stereocenters. The average Bonchev–Trinajstić information content (AvgIpc) is 2.85. The van der Waals surface area contributed by atoms with Crippen molar-refractivity contribution in [3.8, 4) is 0 Å². The zero-order valence-electron chi connectivity index (χ0n) is 23.4. The minimum absolute atomic E-state index is 0.0685. The number of halogens is 3. The first kappa shape index (κ1) is 31.4. The molecule has 0 unspecified atom stereocenters. The summed E-state index contributed by atoms with van der Waals surface area (Å²) in [4.78, 5) is 23.9. The number of ether oxygens (including phenoxy) is 1. The average molecular weight is 596 g/mol. The molecule has 0 spiro atoms. The molecule has 0 aliphatic carbocycles. The third kappa shape index (κ3) is 8.93. The summed E-state index contributed by atoms with van der Waals surface area (Å²) in [6.45, 7) is 6.87. The van der Waals surface area contributed by atoms with Crippen molar-refractivity contribution in [3.05, 3.63) is 65.5 Å². The molecule has 2 heterocycles. The third-order valence-corrected chi connectivity index (χ3v) is 6.77. The maximum Gasteiger partial charge on any atom is 0.421 e. The number of benzene rings is 1. The van der Waals surface area contributed by atoms with Crippen molar-refractivity contribution in [2.45, 2.75) is 52.1 Å². The van der Waals surface area contributed by atoms with Gasteiger partial charge in [0.05, 0.1) is 12.3 Å². The number of carbonyl (C=O) groups is 1. The lowest BCUT2D eigenvalue weighted by Crippen LogP contribution is -2.34. The van der Waals surface area contributed by atoms with Crippen LogP contribution < -0.4 is 20.3 Å². The molecule has 0 fully saturated rings. The summed E-state index contributed by atoms with van der Waals surface area (Å²) in [6, 6.07) is 9.52. The first-order valence-electron chi connectivity index (χ1n) is 12.4. The number of pyridine rings is 1. The van der Waals surface area contributed by atoms with Gasteiger partial charge >= 0.3 is 12.3 Å². The highest BCUT2D eigenvalue weighted by atomic mass is 32.2. The van der Waals surface area contributed by atoms with E-state index in [0.29, 0.717) is 17.4 Å². The van der Waals surface area contributed by atoms with Crippen LogP contribution >= 0.6 is 0 Å². The first-order chi connectivity index (χ1) is 18.9. The summed E-state index contributed by atoms with van der Waals surface area (Å²) in [5, 5.41) is 8.24. The lowest BCUT2D eigenvalue weighted by molar-refractivity contribution is -0.137. The van der Waals surface area contributed by atoms with Gasteiger partial charge in [0.15, 0.2) is 0 Å². The molecule has 0 saturated heterocycles. The standard InChI is InChI=1S/C26H32F3N7O4S/c1-16(33-24(37)40-25(2,3)4)17-9-11-19(12-10-17)34-23-32-15-20(26(27,28)29)21(35-23)31-14-18-8-7-13-30-22(18)36(5)41(6,38)39/h7-13,15-16H,14H2,1-6H3,(H,33,37)(H2,31,32,34,35)/t16-/m0/s1. The van der Waals surface area contributed by atoms with E-state index in [1.54, 1.807) is 64.1 Å². The molecular formula is C26H32F3N7O4S. The van der Waals surface area contributed by atoms with Gasteiger partial charge in [0.1, 0.15) is 22.8 Å². The van der Waals surface area contributed by atoms with E-state index < -0.39 is 39.3 Å². The van der Waals surface area contributed by atoms with Crippen LogP contribution in [0.1, 0.15) is 50.4 Å². The van der Waals surface area contributed by atoms with E-state index in [1.165, 1.54) is 13.2 Å². The van der Waals surface area contributed by atoms with Gasteiger partial charge < -0.3 is 20.7 Å². The van der Waals surface area contributed by atoms with Crippen LogP contribution in [0.15, 0.2) is 48.8 Å². The van der Waals surface area contributed by atoms with Gasteiger partial charge in [-0.3, -0.25) is 4.31 Å². The molecule has 3 rings (SSSR count). The van der Waals surface area contributed by atoms with E-state index in [2.05, 4.69) is 30.9 Å². The first-order valence-corrected chi connectivity index (χ1v) is 14.2. The molecule has 11 nitrogen and oxygen atoms in total. The summed E-state index contributed by atoms with van der Waals surface area (Å²) < 4.78 is 71.3. The van der Waals surface area contributed by atoms with E-state index in [4.69, 9.17) is 4.74 Å². The Kier molecular flexibility index (Phi) is 9.31. The molecule has 3 N–H and O–H groups in total. The molecule has 222 valence electrons. The highest BCUT2D eigenvalue weighted by molar-refractivity contribution is 7.92. The van der Waals surface area contributed by atoms with E-state index in [-0.39, 0.29) is 24.4 Å². The summed E-state index contributed by atoms with van der Waals surface area (Å²) in [6.07, 6.45) is -2.28. The van der Waals surface area contributed by atoms with Gasteiger partial charge in [-0.15, -0.1) is 0 Å². The molecule has 0 aliphatic heterocycles. The van der Waals surface area contributed by atoms with Crippen molar-refractivity contribution in [1.29, 1.82) is 0 Å². The summed E-state index contributed by atoms with van der Waals surface area (Å²) in [5.74, 6) is -0.537. The van der Waals surface area contributed by atoms with Crippen LogP contribution in [-0.4, -0.2) is 48.4 Å². The van der Waals surface area contributed by atoms with Crippen molar-refractivity contribution in [3.63, 3.8) is 0 Å². The maximum atomic E-state index is 13.7. The minimum atomic E-state index is -4.75. The Morgan fingerprint density at radius 1 is 1.10 bits per heavy atom. The van der Waals surface area contributed by atoms with Gasteiger partial charge in [0.25, 0.3) is 0 Å². The van der Waals surface area contributed by atoms with Crippen LogP contribution in [0.2, 0.25) is 0 Å². The Bertz CT molecular complexity index is 1480. The predicted octanol–water partition coefficient (Wildman–Crippen LogP) is 5.23. The SMILES string of the molecule is C[C@H](NC(=O)OC(C)(C)C)c1ccc(Nc2ncc(C(F)(F)F)c(NCc3cccnc3N(C)S(C)(=O)=O)n2)cc1. The number of aromatic nitrogens is 3. The van der Waals surface area contributed by atoms with Crippen LogP contribution in [0.3, 0.4) is 0 Å². The molecule has 3 aromatic rings. The molecule has 0 radical (unpaired) electrons. The summed E-state index contributed by atoms with van der Waals surface area (Å²) in [7, 11) is -2.36. The van der Waals surface area contributed by atoms with Crippen LogP contribution in [0.5, 0.6) is 0 Å². The van der Waals surface area contributed by atoms with E-state index in [0.717, 1.165) is 16.1 Å². The highest BCUT2D eigenvalue weighted by Gasteiger charge is 2.35. The molecule has 0 bridgehead atoms. The van der Waals surface area contributed by atoms with Crippen molar-refractivity contribution in [2.24, 2.45) is 0 Å². The minimum Gasteiger partial charge on any atom is -0.444 e. The number of nitrogens with zero attached hydrogens (tertiary/aromatic N) is 4. The molecular weight excluding hydrogens is 563 g/mol. The normalized spacial score (nSPS) is 12.8. The number of anilines is 4. The fourth-order valence-corrected chi connectivity index (χ4v) is 4.00. The van der Waals surface area contributed by atoms with E-state index >= 15 is 0 Å². The Labute approximate surface area is 236 Å². The number of rotatable bonds is 9. The molecule has 15 heteroatoms. The highest BCUT2D eigenvalue weighted by Crippen LogP contribution is 2.34. The van der Waals surface area contributed by atoms with Gasteiger partial charge in [-0.2, -0.15) is 18.2 Å². The van der Waals surface area contributed by atoms with Gasteiger partial charge in [-0.05, 0) is 51.5 Å². The second-order valence-corrected chi connectivity index (χ2v) is 12.2. The molecule has 1 aromatic carbocycles. The lowest BCUT2D eigenvalue weighted by Gasteiger charge is -2.22. The quantitative estimate of drug-likeness (QED) is 0.304. The molecule has 41 heavy (non-hydrogen) atoms. The van der Waals surface area contributed by atoms with Crippen molar-refractivity contribution in [2.75, 3.05) is 28.2 Å². The van der Waals surface area contributed by atoms with Gasteiger partial charge in [0.2, 0.25) is 16.0 Å². The zero-order valence-corrected chi connectivity index (χ0v) is 24.2. The third-order valence-electron chi connectivity index (χ3n) is 5.60. The molecule has 2 aromatic heterocycles. The zero-order chi connectivity index (χ0) is 30.6. The molecule has 0 saturated carbocycles. The maximum absolute atomic E-state index is 13.7. The van der Waals surface area contributed by atoms with Gasteiger partial charge in [-0.25, -0.2) is 23.2 Å². The second kappa shape index (κ2) is 12.2. The Morgan fingerprint density at radius 3 is 2.34 bits per heavy atom. The second-order valence-electron chi connectivity index (χ2n) is 10.1. The number of amides is 1. The lowest BCUT2D eigenvalue weighted by atomic mass is 10.1. The smallest absolute Gasteiger partial charge is 0.421 e. The Hall–Kier alpha value is -4.14. The van der Waals surface area contributed by atoms with Crippen LogP contribution in [0.4, 0.5) is 41.2 Å². The number of alkyl halides is 3. The van der Waals surface area contributed by atoms with Crippen molar-refractivity contribution in [1.82, 2.24) is 20.3 Å². The number of carbonyl (C=O) groups excluding carboxylic acids is 1. The largest absolute Gasteiger partial charge is 0.444 e. The predicted molar refractivity (Wildman–Crippen MR) is 149 cm³/mol. The Morgan fingerprint density at radius 2 is 1.76 bits per heavy atom. The number of nitrogens with one attached hydrogen (secondary N) is 3. The number of hydrogen-bond donors (Lipinski definition) is 3. The van der Waals surface area contributed by atoms with E-state index in [1.807, 2.05) is 0 Å². The topological polar surface area (TPSA) is 138 Å². The summed E-state index contributed by atoms with van der Waals surface area (Å²) >= 11 is 0. The van der Waals surface area contributed by atoms with Crippen molar-refractivity contribution < 1.29 is 31.1 Å². The van der Waals surface area contributed by atoms with Gasteiger partial charge in [-0.1, -0.05) is 18.2 Å². The van der Waals surface area contributed by atoms with E-state index in [9.17, 15) is 26.4 Å². The Balaban J connectivity index is 1.78. The monoisotopic (exact) mass is 595 g/mol.